The highest BCUT2D eigenvalue weighted by atomic mass is 16.3. The number of carbonyl (C=O) groups is 3. The highest BCUT2D eigenvalue weighted by molar-refractivity contribution is 6.42. The number of allylic oxidation sites excluding steroid dienone is 4. The first kappa shape index (κ1) is 18.8. The van der Waals surface area contributed by atoms with Crippen LogP contribution in [0.4, 0.5) is 0 Å². The molecule has 0 bridgehead atoms. The van der Waals surface area contributed by atoms with Crippen molar-refractivity contribution in [1.29, 1.82) is 0 Å². The number of ketones is 3. The molecule has 4 rings (SSSR count). The van der Waals surface area contributed by atoms with E-state index in [1.807, 2.05) is 13.8 Å². The first-order valence-electron chi connectivity index (χ1n) is 9.96. The van der Waals surface area contributed by atoms with E-state index >= 15 is 0 Å². The van der Waals surface area contributed by atoms with Gasteiger partial charge in [0, 0.05) is 17.3 Å². The van der Waals surface area contributed by atoms with Crippen molar-refractivity contribution < 1.29 is 24.6 Å². The molecular weight excluding hydrogens is 344 g/mol. The van der Waals surface area contributed by atoms with Crippen LogP contribution in [0.5, 0.6) is 0 Å². The third-order valence-corrected chi connectivity index (χ3v) is 8.35. The van der Waals surface area contributed by atoms with Crippen molar-refractivity contribution in [1.82, 2.24) is 0 Å². The van der Waals surface area contributed by atoms with Gasteiger partial charge in [0.1, 0.15) is 12.2 Å². The summed E-state index contributed by atoms with van der Waals surface area (Å²) in [6, 6.07) is 0. The molecule has 1 fully saturated rings. The molecule has 0 aromatic heterocycles. The predicted octanol–water partition coefficient (Wildman–Crippen LogP) is 2.30. The molecule has 0 amide bonds. The average Bonchev–Trinajstić information content (AvgIpc) is 2.83. The Hall–Kier alpha value is -1.59. The molecule has 146 valence electrons. The van der Waals surface area contributed by atoms with E-state index in [1.54, 1.807) is 6.08 Å². The fourth-order valence-corrected chi connectivity index (χ4v) is 6.77. The largest absolute Gasteiger partial charge is 0.388 e. The summed E-state index contributed by atoms with van der Waals surface area (Å²) in [7, 11) is 0. The normalized spacial score (nSPS) is 43.8. The number of carbonyl (C=O) groups excluding carboxylic acids is 3. The van der Waals surface area contributed by atoms with E-state index in [9.17, 15) is 24.6 Å². The maximum absolute atomic E-state index is 12.5. The molecule has 0 radical (unpaired) electrons. The monoisotopic (exact) mass is 372 g/mol. The van der Waals surface area contributed by atoms with Gasteiger partial charge in [0.25, 0.3) is 0 Å². The van der Waals surface area contributed by atoms with E-state index in [-0.39, 0.29) is 29.8 Å². The van der Waals surface area contributed by atoms with Crippen molar-refractivity contribution in [2.75, 3.05) is 6.61 Å². The van der Waals surface area contributed by atoms with Gasteiger partial charge >= 0.3 is 0 Å². The maximum Gasteiger partial charge on any atom is 0.221 e. The van der Waals surface area contributed by atoms with E-state index in [1.165, 1.54) is 11.1 Å². The Morgan fingerprint density at radius 3 is 2.59 bits per heavy atom. The van der Waals surface area contributed by atoms with E-state index in [4.69, 9.17) is 0 Å². The van der Waals surface area contributed by atoms with Crippen molar-refractivity contribution in [2.24, 2.45) is 22.7 Å². The fourth-order valence-electron chi connectivity index (χ4n) is 6.77. The molecule has 1 saturated carbocycles. The SMILES string of the molecule is CC1C[C@H]2C3=C(CC[C@]2(C)[C@@]1(O)C(=O)CO)[C@@]1(C)CC(=O)C(=O)C=C1CC3. The molecule has 0 aromatic carbocycles. The second-order valence-electron chi connectivity index (χ2n) is 9.42. The van der Waals surface area contributed by atoms with Gasteiger partial charge in [-0.05, 0) is 50.0 Å². The fraction of sp³-hybridized carbons (Fsp3) is 0.682. The smallest absolute Gasteiger partial charge is 0.221 e. The molecule has 1 unspecified atom stereocenters. The van der Waals surface area contributed by atoms with Gasteiger partial charge in [-0.2, -0.15) is 0 Å². The minimum atomic E-state index is -1.51. The molecule has 0 heterocycles. The van der Waals surface area contributed by atoms with Gasteiger partial charge in [0.15, 0.2) is 5.78 Å². The van der Waals surface area contributed by atoms with Crippen molar-refractivity contribution in [3.8, 4) is 0 Å². The number of fused-ring (bicyclic) bond motifs is 4. The van der Waals surface area contributed by atoms with Crippen LogP contribution < -0.4 is 0 Å². The van der Waals surface area contributed by atoms with E-state index in [2.05, 4.69) is 6.92 Å². The van der Waals surface area contributed by atoms with E-state index in [0.29, 0.717) is 19.3 Å². The minimum absolute atomic E-state index is 0.0721. The van der Waals surface area contributed by atoms with Crippen molar-refractivity contribution in [3.63, 3.8) is 0 Å². The highest BCUT2D eigenvalue weighted by Gasteiger charge is 2.66. The summed E-state index contributed by atoms with van der Waals surface area (Å²) in [5.74, 6) is -1.34. The number of aliphatic hydroxyl groups excluding tert-OH is 1. The van der Waals surface area contributed by atoms with Crippen LogP contribution in [0.15, 0.2) is 22.8 Å². The lowest BCUT2D eigenvalue weighted by Gasteiger charge is -2.52. The molecule has 5 nitrogen and oxygen atoms in total. The van der Waals surface area contributed by atoms with Crippen molar-refractivity contribution in [3.05, 3.63) is 22.8 Å². The van der Waals surface area contributed by atoms with Gasteiger partial charge < -0.3 is 10.2 Å². The number of hydrogen-bond donors (Lipinski definition) is 2. The molecule has 2 N–H and O–H groups in total. The molecule has 5 heteroatoms. The third-order valence-electron chi connectivity index (χ3n) is 8.35. The number of Topliss-reactive ketones (excluding diaryl/α,β-unsaturated/α-hetero) is 2. The predicted molar refractivity (Wildman–Crippen MR) is 98.7 cm³/mol. The summed E-state index contributed by atoms with van der Waals surface area (Å²) in [6.45, 7) is 5.32. The Labute approximate surface area is 159 Å². The molecule has 0 saturated heterocycles. The first-order valence-corrected chi connectivity index (χ1v) is 9.96. The Kier molecular flexibility index (Phi) is 3.97. The van der Waals surface area contributed by atoms with Gasteiger partial charge in [-0.25, -0.2) is 0 Å². The summed E-state index contributed by atoms with van der Waals surface area (Å²) in [5, 5.41) is 20.9. The quantitative estimate of drug-likeness (QED) is 0.573. The Balaban J connectivity index is 1.82. The van der Waals surface area contributed by atoms with Gasteiger partial charge in [0.2, 0.25) is 11.6 Å². The number of hydrogen-bond acceptors (Lipinski definition) is 5. The topological polar surface area (TPSA) is 91.7 Å². The van der Waals surface area contributed by atoms with Crippen LogP contribution in [0, 0.1) is 22.7 Å². The summed E-state index contributed by atoms with van der Waals surface area (Å²) in [5.41, 5.74) is 1.07. The van der Waals surface area contributed by atoms with E-state index in [0.717, 1.165) is 18.4 Å². The lowest BCUT2D eigenvalue weighted by molar-refractivity contribution is -0.160. The second-order valence-corrected chi connectivity index (χ2v) is 9.42. The Morgan fingerprint density at radius 1 is 1.22 bits per heavy atom. The van der Waals surface area contributed by atoms with Gasteiger partial charge in [-0.1, -0.05) is 37.5 Å². The lowest BCUT2D eigenvalue weighted by atomic mass is 9.52. The zero-order valence-electron chi connectivity index (χ0n) is 16.3. The zero-order valence-corrected chi connectivity index (χ0v) is 16.3. The van der Waals surface area contributed by atoms with Crippen molar-refractivity contribution in [2.45, 2.75) is 64.9 Å². The van der Waals surface area contributed by atoms with Gasteiger partial charge in [-0.15, -0.1) is 0 Å². The van der Waals surface area contributed by atoms with Crippen LogP contribution in [0.2, 0.25) is 0 Å². The number of aliphatic hydroxyl groups is 2. The standard InChI is InChI=1S/C22H28O5/c1-12-8-16-14-5-4-13-9-17(24)18(25)10-20(13,2)15(14)6-7-21(16,3)22(12,27)19(26)11-23/h9,12,16,23,27H,4-8,10-11H2,1-3H3/t12?,16-,20-,21-,22-/m0/s1. The molecule has 0 aromatic rings. The average molecular weight is 372 g/mol. The maximum atomic E-state index is 12.5. The Morgan fingerprint density at radius 2 is 1.93 bits per heavy atom. The molecule has 27 heavy (non-hydrogen) atoms. The molecular formula is C22H28O5. The molecule has 5 atom stereocenters. The van der Waals surface area contributed by atoms with Crippen LogP contribution in [0.25, 0.3) is 0 Å². The van der Waals surface area contributed by atoms with Crippen LogP contribution in [0.1, 0.15) is 59.3 Å². The van der Waals surface area contributed by atoms with Crippen LogP contribution in [-0.2, 0) is 14.4 Å². The molecule has 4 aliphatic carbocycles. The summed E-state index contributed by atoms with van der Waals surface area (Å²) < 4.78 is 0. The van der Waals surface area contributed by atoms with Gasteiger partial charge in [0.05, 0.1) is 0 Å². The third kappa shape index (κ3) is 2.16. The van der Waals surface area contributed by atoms with Crippen LogP contribution in [-0.4, -0.2) is 39.8 Å². The molecule has 0 spiro atoms. The summed E-state index contributed by atoms with van der Waals surface area (Å²) in [6.07, 6.45) is 5.41. The van der Waals surface area contributed by atoms with Gasteiger partial charge in [-0.3, -0.25) is 14.4 Å². The number of rotatable bonds is 2. The van der Waals surface area contributed by atoms with Crippen LogP contribution in [0.3, 0.4) is 0 Å². The second kappa shape index (κ2) is 5.71. The first-order chi connectivity index (χ1) is 12.6. The summed E-state index contributed by atoms with van der Waals surface area (Å²) >= 11 is 0. The zero-order chi connectivity index (χ0) is 19.8. The van der Waals surface area contributed by atoms with E-state index < -0.39 is 28.8 Å². The lowest BCUT2D eigenvalue weighted by Crippen LogP contribution is -2.56. The summed E-state index contributed by atoms with van der Waals surface area (Å²) in [4.78, 5) is 36.6. The molecule has 0 aliphatic heterocycles. The minimum Gasteiger partial charge on any atom is -0.388 e. The van der Waals surface area contributed by atoms with Crippen molar-refractivity contribution >= 4 is 17.3 Å². The Bertz CT molecular complexity index is 821. The molecule has 4 aliphatic rings. The van der Waals surface area contributed by atoms with Crippen LogP contribution >= 0.6 is 0 Å². The highest BCUT2D eigenvalue weighted by Crippen LogP contribution is 2.66.